The van der Waals surface area contributed by atoms with Crippen LogP contribution in [-0.2, 0) is 9.53 Å². The largest absolute Gasteiger partial charge is 0.493 e. The van der Waals surface area contributed by atoms with Crippen molar-refractivity contribution in [3.63, 3.8) is 0 Å². The second-order valence-electron chi connectivity index (χ2n) is 5.23. The van der Waals surface area contributed by atoms with E-state index in [0.717, 1.165) is 30.8 Å². The molecule has 0 aliphatic carbocycles. The monoisotopic (exact) mass is 322 g/mol. The van der Waals surface area contributed by atoms with E-state index in [-0.39, 0.29) is 15.5 Å². The van der Waals surface area contributed by atoms with E-state index in [9.17, 15) is 4.79 Å². The summed E-state index contributed by atoms with van der Waals surface area (Å²) in [4.78, 5) is 11.2. The summed E-state index contributed by atoms with van der Waals surface area (Å²) in [6.45, 7) is 5.70. The first kappa shape index (κ1) is 18.3. The molecule has 1 aromatic rings. The highest BCUT2D eigenvalue weighted by Crippen LogP contribution is 2.23. The van der Waals surface area contributed by atoms with Gasteiger partial charge in [0.05, 0.1) is 30.3 Å². The van der Waals surface area contributed by atoms with Crippen molar-refractivity contribution >= 4 is 20.7 Å². The molecule has 0 aromatic heterocycles. The average molecular weight is 322 g/mol. The number of rotatable bonds is 10. The molecule has 0 aliphatic heterocycles. The number of esters is 1. The number of hydrogen-bond donors (Lipinski definition) is 0. The first-order chi connectivity index (χ1) is 10.6. The molecule has 0 saturated heterocycles. The number of ether oxygens (including phenoxy) is 3. The zero-order chi connectivity index (χ0) is 16.4. The maximum Gasteiger partial charge on any atom is 0.333 e. The molecule has 122 valence electrons. The molecular weight excluding hydrogens is 296 g/mol. The van der Waals surface area contributed by atoms with Gasteiger partial charge in [-0.3, -0.25) is 0 Å². The van der Waals surface area contributed by atoms with Gasteiger partial charge in [0.2, 0.25) is 0 Å². The third-order valence-electron chi connectivity index (χ3n) is 3.41. The van der Waals surface area contributed by atoms with Gasteiger partial charge in [-0.1, -0.05) is 37.6 Å². The SMILES string of the molecule is C=C(C)C(=O)OCCCCC[SiH2]c1cccc(OC)c1OC. The Morgan fingerprint density at radius 3 is 2.59 bits per heavy atom. The highest BCUT2D eigenvalue weighted by Gasteiger charge is 2.09. The van der Waals surface area contributed by atoms with Crippen molar-refractivity contribution in [1.82, 2.24) is 0 Å². The standard InChI is InChI=1S/C17H26O4Si/c1-13(2)17(18)21-11-6-5-7-12-22-15-10-8-9-14(19-3)16(15)20-4/h8-10H,1,5-7,11-12,22H2,2-4H3. The lowest BCUT2D eigenvalue weighted by atomic mass is 10.2. The van der Waals surface area contributed by atoms with E-state index in [0.29, 0.717) is 12.2 Å². The zero-order valence-corrected chi connectivity index (χ0v) is 15.2. The fraction of sp³-hybridized carbons (Fsp3) is 0.471. The Morgan fingerprint density at radius 2 is 1.95 bits per heavy atom. The Morgan fingerprint density at radius 1 is 1.18 bits per heavy atom. The van der Waals surface area contributed by atoms with Gasteiger partial charge < -0.3 is 14.2 Å². The van der Waals surface area contributed by atoms with Gasteiger partial charge in [0.15, 0.2) is 11.5 Å². The molecular formula is C17H26O4Si. The van der Waals surface area contributed by atoms with Gasteiger partial charge in [-0.2, -0.15) is 0 Å². The third-order valence-corrected chi connectivity index (χ3v) is 5.36. The van der Waals surface area contributed by atoms with Crippen LogP contribution in [0.4, 0.5) is 0 Å². The van der Waals surface area contributed by atoms with Gasteiger partial charge in [-0.05, 0) is 24.6 Å². The Kier molecular flexibility index (Phi) is 8.36. The summed E-state index contributed by atoms with van der Waals surface area (Å²) in [6.07, 6.45) is 3.13. The predicted molar refractivity (Wildman–Crippen MR) is 92.2 cm³/mol. The van der Waals surface area contributed by atoms with E-state index >= 15 is 0 Å². The van der Waals surface area contributed by atoms with E-state index in [1.807, 2.05) is 12.1 Å². The molecule has 0 unspecified atom stereocenters. The lowest BCUT2D eigenvalue weighted by molar-refractivity contribution is -0.139. The Bertz CT molecular complexity index is 499. The predicted octanol–water partition coefficient (Wildman–Crippen LogP) is 2.21. The van der Waals surface area contributed by atoms with Crippen molar-refractivity contribution in [1.29, 1.82) is 0 Å². The van der Waals surface area contributed by atoms with Crippen molar-refractivity contribution in [2.75, 3.05) is 20.8 Å². The van der Waals surface area contributed by atoms with Crippen LogP contribution in [-0.4, -0.2) is 36.3 Å². The van der Waals surface area contributed by atoms with Crippen LogP contribution in [0.15, 0.2) is 30.4 Å². The van der Waals surface area contributed by atoms with Gasteiger partial charge >= 0.3 is 5.97 Å². The van der Waals surface area contributed by atoms with Crippen LogP contribution in [0.2, 0.25) is 6.04 Å². The summed E-state index contributed by atoms with van der Waals surface area (Å²) in [7, 11) is 2.98. The second-order valence-corrected chi connectivity index (χ2v) is 7.20. The van der Waals surface area contributed by atoms with Gasteiger partial charge in [0.1, 0.15) is 0 Å². The van der Waals surface area contributed by atoms with Gasteiger partial charge in [0, 0.05) is 5.57 Å². The fourth-order valence-corrected chi connectivity index (χ4v) is 4.04. The number of methoxy groups -OCH3 is 2. The minimum Gasteiger partial charge on any atom is -0.493 e. The second kappa shape index (κ2) is 10.1. The lowest BCUT2D eigenvalue weighted by Gasteiger charge is -2.12. The van der Waals surface area contributed by atoms with Crippen molar-refractivity contribution in [2.45, 2.75) is 32.2 Å². The summed E-state index contributed by atoms with van der Waals surface area (Å²) in [6, 6.07) is 7.27. The molecule has 5 heteroatoms. The van der Waals surface area contributed by atoms with Crippen LogP contribution in [0.5, 0.6) is 11.5 Å². The molecule has 4 nitrogen and oxygen atoms in total. The summed E-state index contributed by atoms with van der Waals surface area (Å²) >= 11 is 0. The number of carbonyl (C=O) groups is 1. The Balaban J connectivity index is 2.25. The maximum absolute atomic E-state index is 11.2. The number of para-hydroxylation sites is 1. The molecule has 0 fully saturated rings. The van der Waals surface area contributed by atoms with E-state index < -0.39 is 0 Å². The van der Waals surface area contributed by atoms with Crippen molar-refractivity contribution < 1.29 is 19.0 Å². The minimum absolute atomic E-state index is 0.296. The molecule has 1 aromatic carbocycles. The zero-order valence-electron chi connectivity index (χ0n) is 13.8. The molecule has 22 heavy (non-hydrogen) atoms. The topological polar surface area (TPSA) is 44.8 Å². The van der Waals surface area contributed by atoms with Crippen LogP contribution in [0.1, 0.15) is 26.2 Å². The van der Waals surface area contributed by atoms with Crippen LogP contribution in [0.25, 0.3) is 0 Å². The van der Waals surface area contributed by atoms with E-state index in [2.05, 4.69) is 12.6 Å². The number of hydrogen-bond acceptors (Lipinski definition) is 4. The molecule has 0 atom stereocenters. The first-order valence-electron chi connectivity index (χ1n) is 7.62. The summed E-state index contributed by atoms with van der Waals surface area (Å²) < 4.78 is 15.8. The fourth-order valence-electron chi connectivity index (χ4n) is 2.21. The first-order valence-corrected chi connectivity index (χ1v) is 9.33. The van der Waals surface area contributed by atoms with Crippen molar-refractivity contribution in [2.24, 2.45) is 0 Å². The maximum atomic E-state index is 11.2. The molecule has 0 amide bonds. The Labute approximate surface area is 135 Å². The van der Waals surface area contributed by atoms with Gasteiger partial charge in [0.25, 0.3) is 0 Å². The van der Waals surface area contributed by atoms with Gasteiger partial charge in [-0.15, -0.1) is 0 Å². The quantitative estimate of drug-likeness (QED) is 0.287. The van der Waals surface area contributed by atoms with Crippen LogP contribution in [0, 0.1) is 0 Å². The van der Waals surface area contributed by atoms with E-state index in [4.69, 9.17) is 14.2 Å². The minimum atomic E-state index is -0.372. The number of carbonyl (C=O) groups excluding carboxylic acids is 1. The third kappa shape index (κ3) is 5.93. The molecule has 0 radical (unpaired) electrons. The Hall–Kier alpha value is -1.75. The summed E-state index contributed by atoms with van der Waals surface area (Å²) in [5.74, 6) is 1.39. The smallest absolute Gasteiger partial charge is 0.333 e. The average Bonchev–Trinajstić information content (AvgIpc) is 2.52. The summed E-state index contributed by atoms with van der Waals surface area (Å²) in [5.41, 5.74) is 0.456. The van der Waals surface area contributed by atoms with E-state index in [1.54, 1.807) is 21.1 Å². The van der Waals surface area contributed by atoms with E-state index in [1.165, 1.54) is 11.2 Å². The van der Waals surface area contributed by atoms with Crippen LogP contribution < -0.4 is 14.7 Å². The molecule has 0 aliphatic rings. The molecule has 0 bridgehead atoms. The van der Waals surface area contributed by atoms with Crippen molar-refractivity contribution in [3.8, 4) is 11.5 Å². The molecule has 1 rings (SSSR count). The molecule has 0 heterocycles. The van der Waals surface area contributed by atoms with Gasteiger partial charge in [-0.25, -0.2) is 4.79 Å². The highest BCUT2D eigenvalue weighted by molar-refractivity contribution is 6.54. The molecule has 0 N–H and O–H groups in total. The van der Waals surface area contributed by atoms with Crippen LogP contribution in [0.3, 0.4) is 0 Å². The summed E-state index contributed by atoms with van der Waals surface area (Å²) in [5, 5.41) is 1.30. The normalized spacial score (nSPS) is 10.7. The lowest BCUT2D eigenvalue weighted by Crippen LogP contribution is -2.17. The molecule has 0 saturated carbocycles. The molecule has 0 spiro atoms. The number of unbranched alkanes of at least 4 members (excludes halogenated alkanes) is 2. The highest BCUT2D eigenvalue weighted by atomic mass is 28.2. The van der Waals surface area contributed by atoms with Crippen molar-refractivity contribution in [3.05, 3.63) is 30.4 Å². The number of benzene rings is 1. The van der Waals surface area contributed by atoms with Crippen LogP contribution >= 0.6 is 0 Å².